The molecule has 1 atom stereocenters. The van der Waals surface area contributed by atoms with Gasteiger partial charge in [-0.3, -0.25) is 4.90 Å². The Kier molecular flexibility index (Phi) is 2.34. The molecule has 0 saturated carbocycles. The molecule has 76 valence electrons. The van der Waals surface area contributed by atoms with Crippen molar-refractivity contribution in [1.82, 2.24) is 4.90 Å². The molecule has 2 fully saturated rings. The van der Waals surface area contributed by atoms with Gasteiger partial charge in [0, 0.05) is 18.6 Å². The lowest BCUT2D eigenvalue weighted by molar-refractivity contribution is -0.262. The van der Waals surface area contributed by atoms with Gasteiger partial charge < -0.3 is 9.47 Å². The summed E-state index contributed by atoms with van der Waals surface area (Å²) in [6.07, 6.45) is 0. The second-order valence-electron chi connectivity index (χ2n) is 4.41. The van der Waals surface area contributed by atoms with Crippen LogP contribution in [0.1, 0.15) is 20.8 Å². The standard InChI is InChI=1S/C10H19NO2/c1-8(2)11-4-5-13-10(9(11)3)6-12-7-10/h8-9H,4-7H2,1-3H3/t9-/m0/s1. The minimum Gasteiger partial charge on any atom is -0.375 e. The fraction of sp³-hybridized carbons (Fsp3) is 1.00. The molecule has 2 heterocycles. The maximum Gasteiger partial charge on any atom is 0.130 e. The Morgan fingerprint density at radius 1 is 1.38 bits per heavy atom. The van der Waals surface area contributed by atoms with E-state index in [2.05, 4.69) is 25.7 Å². The fourth-order valence-electron chi connectivity index (χ4n) is 2.30. The van der Waals surface area contributed by atoms with Crippen LogP contribution >= 0.6 is 0 Å². The van der Waals surface area contributed by atoms with E-state index in [9.17, 15) is 0 Å². The third kappa shape index (κ3) is 1.39. The lowest BCUT2D eigenvalue weighted by Gasteiger charge is -2.53. The van der Waals surface area contributed by atoms with Gasteiger partial charge in [-0.15, -0.1) is 0 Å². The quantitative estimate of drug-likeness (QED) is 0.605. The molecule has 0 aliphatic carbocycles. The van der Waals surface area contributed by atoms with Gasteiger partial charge in [-0.05, 0) is 20.8 Å². The number of hydrogen-bond acceptors (Lipinski definition) is 3. The first-order valence-corrected chi connectivity index (χ1v) is 5.13. The summed E-state index contributed by atoms with van der Waals surface area (Å²) in [7, 11) is 0. The van der Waals surface area contributed by atoms with E-state index in [1.807, 2.05) is 0 Å². The molecule has 1 spiro atoms. The second-order valence-corrected chi connectivity index (χ2v) is 4.41. The van der Waals surface area contributed by atoms with Crippen LogP contribution in [0.25, 0.3) is 0 Å². The fourth-order valence-corrected chi connectivity index (χ4v) is 2.30. The second kappa shape index (κ2) is 3.23. The van der Waals surface area contributed by atoms with Crippen molar-refractivity contribution in [2.45, 2.75) is 38.5 Å². The van der Waals surface area contributed by atoms with E-state index in [1.165, 1.54) is 0 Å². The average Bonchev–Trinajstić information content (AvgIpc) is 2.01. The molecule has 2 saturated heterocycles. The molecule has 2 aliphatic rings. The third-order valence-electron chi connectivity index (χ3n) is 3.35. The van der Waals surface area contributed by atoms with Crippen LogP contribution in [0.4, 0.5) is 0 Å². The van der Waals surface area contributed by atoms with Crippen molar-refractivity contribution in [3.05, 3.63) is 0 Å². The van der Waals surface area contributed by atoms with Crippen LogP contribution in [0.5, 0.6) is 0 Å². The Morgan fingerprint density at radius 3 is 2.54 bits per heavy atom. The van der Waals surface area contributed by atoms with Gasteiger partial charge >= 0.3 is 0 Å². The van der Waals surface area contributed by atoms with Gasteiger partial charge in [0.25, 0.3) is 0 Å². The molecule has 0 radical (unpaired) electrons. The lowest BCUT2D eigenvalue weighted by atomic mass is 9.89. The molecule has 0 aromatic carbocycles. The molecule has 0 aromatic rings. The van der Waals surface area contributed by atoms with E-state index in [-0.39, 0.29) is 5.60 Å². The summed E-state index contributed by atoms with van der Waals surface area (Å²) in [5.41, 5.74) is 0.0164. The maximum atomic E-state index is 5.83. The van der Waals surface area contributed by atoms with Crippen LogP contribution in [-0.4, -0.2) is 49.0 Å². The van der Waals surface area contributed by atoms with Crippen molar-refractivity contribution in [3.63, 3.8) is 0 Å². The Balaban J connectivity index is 2.07. The molecule has 3 heteroatoms. The Hall–Kier alpha value is -0.120. The highest BCUT2D eigenvalue weighted by atomic mass is 16.6. The Labute approximate surface area is 80.0 Å². The minimum atomic E-state index is 0.0164. The minimum absolute atomic E-state index is 0.0164. The maximum absolute atomic E-state index is 5.83. The smallest absolute Gasteiger partial charge is 0.130 e. The molecule has 2 rings (SSSR count). The monoisotopic (exact) mass is 185 g/mol. The van der Waals surface area contributed by atoms with Gasteiger partial charge in [-0.25, -0.2) is 0 Å². The molecular weight excluding hydrogens is 166 g/mol. The van der Waals surface area contributed by atoms with Crippen molar-refractivity contribution in [1.29, 1.82) is 0 Å². The lowest BCUT2D eigenvalue weighted by Crippen LogP contribution is -2.68. The molecule has 0 unspecified atom stereocenters. The van der Waals surface area contributed by atoms with E-state index >= 15 is 0 Å². The van der Waals surface area contributed by atoms with Crippen LogP contribution in [-0.2, 0) is 9.47 Å². The normalized spacial score (nSPS) is 33.7. The van der Waals surface area contributed by atoms with Crippen molar-refractivity contribution in [2.24, 2.45) is 0 Å². The largest absolute Gasteiger partial charge is 0.375 e. The summed E-state index contributed by atoms with van der Waals surface area (Å²) in [6.45, 7) is 10.2. The number of ether oxygens (including phenoxy) is 2. The van der Waals surface area contributed by atoms with E-state index in [4.69, 9.17) is 9.47 Å². The van der Waals surface area contributed by atoms with Gasteiger partial charge in [-0.1, -0.05) is 0 Å². The highest BCUT2D eigenvalue weighted by Gasteiger charge is 2.49. The first-order chi connectivity index (χ1) is 6.16. The Morgan fingerprint density at radius 2 is 2.08 bits per heavy atom. The van der Waals surface area contributed by atoms with Crippen molar-refractivity contribution in [3.8, 4) is 0 Å². The highest BCUT2D eigenvalue weighted by molar-refractivity contribution is 5.00. The van der Waals surface area contributed by atoms with E-state index in [0.29, 0.717) is 12.1 Å². The van der Waals surface area contributed by atoms with Gasteiger partial charge in [0.2, 0.25) is 0 Å². The molecule has 0 N–H and O–H groups in total. The molecule has 2 aliphatic heterocycles. The predicted molar refractivity (Wildman–Crippen MR) is 50.8 cm³/mol. The first-order valence-electron chi connectivity index (χ1n) is 5.13. The summed E-state index contributed by atoms with van der Waals surface area (Å²) in [5, 5.41) is 0. The zero-order valence-corrected chi connectivity index (χ0v) is 8.75. The van der Waals surface area contributed by atoms with E-state index in [1.54, 1.807) is 0 Å². The van der Waals surface area contributed by atoms with Gasteiger partial charge in [0.05, 0.1) is 19.8 Å². The van der Waals surface area contributed by atoms with E-state index in [0.717, 1.165) is 26.4 Å². The summed E-state index contributed by atoms with van der Waals surface area (Å²) in [4.78, 5) is 2.51. The molecule has 0 amide bonds. The van der Waals surface area contributed by atoms with Crippen molar-refractivity contribution < 1.29 is 9.47 Å². The number of hydrogen-bond donors (Lipinski definition) is 0. The molecule has 0 bridgehead atoms. The molecule has 13 heavy (non-hydrogen) atoms. The summed E-state index contributed by atoms with van der Waals surface area (Å²) >= 11 is 0. The summed E-state index contributed by atoms with van der Waals surface area (Å²) < 4.78 is 11.1. The Bertz CT molecular complexity index is 189. The first kappa shape index (κ1) is 9.44. The van der Waals surface area contributed by atoms with Crippen molar-refractivity contribution in [2.75, 3.05) is 26.4 Å². The number of nitrogens with zero attached hydrogens (tertiary/aromatic N) is 1. The number of rotatable bonds is 1. The van der Waals surface area contributed by atoms with E-state index < -0.39 is 0 Å². The summed E-state index contributed by atoms with van der Waals surface area (Å²) in [6, 6.07) is 1.10. The van der Waals surface area contributed by atoms with Gasteiger partial charge in [0.15, 0.2) is 0 Å². The van der Waals surface area contributed by atoms with Crippen LogP contribution in [0, 0.1) is 0 Å². The number of morpholine rings is 1. The predicted octanol–water partition coefficient (Wildman–Crippen LogP) is 0.884. The molecular formula is C10H19NO2. The van der Waals surface area contributed by atoms with Crippen LogP contribution in [0.2, 0.25) is 0 Å². The van der Waals surface area contributed by atoms with Gasteiger partial charge in [-0.2, -0.15) is 0 Å². The van der Waals surface area contributed by atoms with Crippen LogP contribution < -0.4 is 0 Å². The van der Waals surface area contributed by atoms with Crippen LogP contribution in [0.3, 0.4) is 0 Å². The average molecular weight is 185 g/mol. The SMILES string of the molecule is CC(C)N1CCOC2(COC2)[C@@H]1C. The summed E-state index contributed by atoms with van der Waals surface area (Å²) in [5.74, 6) is 0. The molecule has 0 aromatic heterocycles. The molecule has 3 nitrogen and oxygen atoms in total. The zero-order valence-electron chi connectivity index (χ0n) is 8.75. The van der Waals surface area contributed by atoms with Crippen LogP contribution in [0.15, 0.2) is 0 Å². The topological polar surface area (TPSA) is 21.7 Å². The highest BCUT2D eigenvalue weighted by Crippen LogP contribution is 2.32. The third-order valence-corrected chi connectivity index (χ3v) is 3.35. The van der Waals surface area contributed by atoms with Crippen molar-refractivity contribution >= 4 is 0 Å². The zero-order chi connectivity index (χ0) is 9.47. The van der Waals surface area contributed by atoms with Gasteiger partial charge in [0.1, 0.15) is 5.60 Å².